The van der Waals surface area contributed by atoms with E-state index >= 15 is 0 Å². The summed E-state index contributed by atoms with van der Waals surface area (Å²) >= 11 is 0. The number of hydrogen-bond acceptors (Lipinski definition) is 4. The van der Waals surface area contributed by atoms with Gasteiger partial charge in [0, 0.05) is 23.6 Å². The normalized spacial score (nSPS) is 25.2. The Morgan fingerprint density at radius 2 is 1.96 bits per heavy atom. The minimum atomic E-state index is -1.34. The average molecular weight is 358 g/mol. The van der Waals surface area contributed by atoms with Crippen molar-refractivity contribution in [1.29, 1.82) is 0 Å². The van der Waals surface area contributed by atoms with Gasteiger partial charge in [0.25, 0.3) is 5.56 Å². The van der Waals surface area contributed by atoms with Gasteiger partial charge in [-0.1, -0.05) is 31.2 Å². The lowest BCUT2D eigenvalue weighted by molar-refractivity contribution is -0.163. The maximum Gasteiger partial charge on any atom is 0.313 e. The van der Waals surface area contributed by atoms with Crippen LogP contribution < -0.4 is 5.56 Å². The third-order valence-corrected chi connectivity index (χ3v) is 5.10. The molecule has 0 spiro atoms. The van der Waals surface area contributed by atoms with Crippen molar-refractivity contribution in [3.05, 3.63) is 57.0 Å². The van der Waals surface area contributed by atoms with Crippen molar-refractivity contribution in [1.82, 2.24) is 10.2 Å². The molecule has 2 aromatic rings. The van der Waals surface area contributed by atoms with Crippen molar-refractivity contribution >= 4 is 5.97 Å². The van der Waals surface area contributed by atoms with Gasteiger partial charge in [-0.3, -0.25) is 14.7 Å². The second-order valence-electron chi connectivity index (χ2n) is 7.54. The summed E-state index contributed by atoms with van der Waals surface area (Å²) in [6, 6.07) is 7.83. The quantitative estimate of drug-likeness (QED) is 0.731. The van der Waals surface area contributed by atoms with Crippen molar-refractivity contribution < 1.29 is 14.6 Å². The van der Waals surface area contributed by atoms with Gasteiger partial charge in [0.05, 0.1) is 17.6 Å². The highest BCUT2D eigenvalue weighted by atomic mass is 16.5. The monoisotopic (exact) mass is 358 g/mol. The molecule has 1 aliphatic rings. The standard InChI is InChI=1S/C20H26N2O4/c1-5-12-6-8-13(9-7-12)15-16-14(21-22-18(16)23)10-20(4,25)17(15)19(24)26-11(2)3/h6-9,11,15,17,25H,5,10H2,1-4H3,(H2,21,22,23)/t15-,17-,20+/m1/s1. The molecule has 0 amide bonds. The number of hydrogen-bond donors (Lipinski definition) is 3. The van der Waals surface area contributed by atoms with Crippen LogP contribution in [-0.4, -0.2) is 33.0 Å². The Kier molecular flexibility index (Phi) is 4.80. The van der Waals surface area contributed by atoms with Crippen LogP contribution in [0.2, 0.25) is 0 Å². The zero-order valence-corrected chi connectivity index (χ0v) is 15.6. The molecule has 0 unspecified atom stereocenters. The maximum atomic E-state index is 12.9. The molecule has 0 aliphatic heterocycles. The smallest absolute Gasteiger partial charge is 0.313 e. The van der Waals surface area contributed by atoms with Crippen LogP contribution in [0.15, 0.2) is 29.1 Å². The first-order chi connectivity index (χ1) is 12.2. The third kappa shape index (κ3) is 3.21. The Morgan fingerprint density at radius 3 is 2.54 bits per heavy atom. The molecule has 26 heavy (non-hydrogen) atoms. The van der Waals surface area contributed by atoms with Gasteiger partial charge in [-0.05, 0) is 38.3 Å². The van der Waals surface area contributed by atoms with Crippen molar-refractivity contribution in [2.24, 2.45) is 5.92 Å². The molecule has 1 heterocycles. The highest BCUT2D eigenvalue weighted by Gasteiger charge is 2.51. The SMILES string of the molecule is CCc1ccc([C@@H]2c3c([nH][nH]c3=O)C[C@](C)(O)[C@H]2C(=O)OC(C)C)cc1. The zero-order valence-electron chi connectivity index (χ0n) is 15.6. The molecule has 1 aromatic carbocycles. The predicted octanol–water partition coefficient (Wildman–Crippen LogP) is 2.27. The first kappa shape index (κ1) is 18.5. The number of carbonyl (C=O) groups excluding carboxylic acids is 1. The van der Waals surface area contributed by atoms with Crippen LogP contribution in [0.3, 0.4) is 0 Å². The molecule has 3 atom stereocenters. The molecule has 6 heteroatoms. The molecule has 1 aliphatic carbocycles. The van der Waals surface area contributed by atoms with Crippen molar-refractivity contribution in [3.63, 3.8) is 0 Å². The number of aromatic amines is 2. The molecule has 0 saturated heterocycles. The van der Waals surface area contributed by atoms with Crippen LogP contribution in [-0.2, 0) is 22.4 Å². The number of H-pyrrole nitrogens is 2. The van der Waals surface area contributed by atoms with Crippen molar-refractivity contribution in [3.8, 4) is 0 Å². The van der Waals surface area contributed by atoms with Gasteiger partial charge in [-0.25, -0.2) is 0 Å². The Bertz CT molecular complexity index is 845. The molecule has 3 rings (SSSR count). The topological polar surface area (TPSA) is 95.2 Å². The van der Waals surface area contributed by atoms with E-state index in [2.05, 4.69) is 17.1 Å². The molecular weight excluding hydrogens is 332 g/mol. The molecule has 1 aromatic heterocycles. The Hall–Kier alpha value is -2.34. The van der Waals surface area contributed by atoms with Crippen LogP contribution in [0.5, 0.6) is 0 Å². The van der Waals surface area contributed by atoms with E-state index in [0.717, 1.165) is 12.0 Å². The summed E-state index contributed by atoms with van der Waals surface area (Å²) in [5, 5.41) is 16.5. The lowest BCUT2D eigenvalue weighted by Crippen LogP contribution is -2.50. The van der Waals surface area contributed by atoms with Gasteiger partial charge in [0.2, 0.25) is 0 Å². The highest BCUT2D eigenvalue weighted by Crippen LogP contribution is 2.44. The number of rotatable bonds is 4. The van der Waals surface area contributed by atoms with Crippen LogP contribution in [0.1, 0.15) is 56.0 Å². The summed E-state index contributed by atoms with van der Waals surface area (Å²) in [7, 11) is 0. The number of aryl methyl sites for hydroxylation is 1. The minimum absolute atomic E-state index is 0.183. The summed E-state index contributed by atoms with van der Waals surface area (Å²) in [5.41, 5.74) is 1.53. The average Bonchev–Trinajstić information content (AvgIpc) is 2.92. The van der Waals surface area contributed by atoms with E-state index in [4.69, 9.17) is 4.74 Å². The van der Waals surface area contributed by atoms with E-state index in [1.165, 1.54) is 5.56 Å². The van der Waals surface area contributed by atoms with Gasteiger partial charge in [-0.2, -0.15) is 0 Å². The third-order valence-electron chi connectivity index (χ3n) is 5.10. The molecule has 0 saturated carbocycles. The van der Waals surface area contributed by atoms with Gasteiger partial charge < -0.3 is 14.9 Å². The largest absolute Gasteiger partial charge is 0.463 e. The molecule has 0 radical (unpaired) electrons. The molecule has 6 nitrogen and oxygen atoms in total. The number of carbonyl (C=O) groups is 1. The maximum absolute atomic E-state index is 12.9. The van der Waals surface area contributed by atoms with Crippen LogP contribution in [0.4, 0.5) is 0 Å². The van der Waals surface area contributed by atoms with E-state index in [0.29, 0.717) is 11.3 Å². The molecule has 0 fully saturated rings. The summed E-state index contributed by atoms with van der Waals surface area (Å²) in [6.45, 7) is 7.24. The number of ether oxygens (including phenoxy) is 1. The summed E-state index contributed by atoms with van der Waals surface area (Å²) in [6.07, 6.45) is 0.785. The number of nitrogens with one attached hydrogen (secondary N) is 2. The number of benzene rings is 1. The Labute approximate surface area is 152 Å². The van der Waals surface area contributed by atoms with Crippen molar-refractivity contribution in [2.45, 2.75) is 58.2 Å². The zero-order chi connectivity index (χ0) is 19.1. The van der Waals surface area contributed by atoms with E-state index in [1.807, 2.05) is 24.3 Å². The Morgan fingerprint density at radius 1 is 1.31 bits per heavy atom. The highest BCUT2D eigenvalue weighted by molar-refractivity contribution is 5.77. The first-order valence-electron chi connectivity index (χ1n) is 9.05. The molecule has 3 N–H and O–H groups in total. The van der Waals surface area contributed by atoms with Gasteiger partial charge in [0.15, 0.2) is 0 Å². The van der Waals surface area contributed by atoms with Crippen LogP contribution in [0.25, 0.3) is 0 Å². The summed E-state index contributed by atoms with van der Waals surface area (Å²) in [4.78, 5) is 25.3. The predicted molar refractivity (Wildman–Crippen MR) is 98.1 cm³/mol. The fourth-order valence-corrected chi connectivity index (χ4v) is 3.88. The lowest BCUT2D eigenvalue weighted by Gasteiger charge is -2.40. The van der Waals surface area contributed by atoms with E-state index in [-0.39, 0.29) is 18.1 Å². The number of aromatic nitrogens is 2. The van der Waals surface area contributed by atoms with E-state index in [9.17, 15) is 14.7 Å². The summed E-state index contributed by atoms with van der Waals surface area (Å²) < 4.78 is 5.43. The summed E-state index contributed by atoms with van der Waals surface area (Å²) in [5.74, 6) is -1.91. The van der Waals surface area contributed by atoms with E-state index < -0.39 is 23.4 Å². The second kappa shape index (κ2) is 6.76. The van der Waals surface area contributed by atoms with Gasteiger partial charge >= 0.3 is 5.97 Å². The van der Waals surface area contributed by atoms with Crippen LogP contribution in [0, 0.1) is 5.92 Å². The molecule has 0 bridgehead atoms. The van der Waals surface area contributed by atoms with Gasteiger partial charge in [0.1, 0.15) is 0 Å². The Balaban J connectivity index is 2.16. The number of esters is 1. The van der Waals surface area contributed by atoms with Crippen molar-refractivity contribution in [2.75, 3.05) is 0 Å². The minimum Gasteiger partial charge on any atom is -0.463 e. The fourth-order valence-electron chi connectivity index (χ4n) is 3.88. The fraction of sp³-hybridized carbons (Fsp3) is 0.500. The van der Waals surface area contributed by atoms with Crippen LogP contribution >= 0.6 is 0 Å². The first-order valence-corrected chi connectivity index (χ1v) is 9.05. The second-order valence-corrected chi connectivity index (χ2v) is 7.54. The molecule has 140 valence electrons. The number of fused-ring (bicyclic) bond motifs is 1. The molecular formula is C20H26N2O4. The van der Waals surface area contributed by atoms with E-state index in [1.54, 1.807) is 20.8 Å². The lowest BCUT2D eigenvalue weighted by atomic mass is 9.66. The number of aliphatic hydroxyl groups is 1. The van der Waals surface area contributed by atoms with Gasteiger partial charge in [-0.15, -0.1) is 0 Å².